The third-order valence-corrected chi connectivity index (χ3v) is 3.39. The molecule has 0 fully saturated rings. The van der Waals surface area contributed by atoms with E-state index in [1.54, 1.807) is 6.07 Å². The maximum absolute atomic E-state index is 11.4. The summed E-state index contributed by atoms with van der Waals surface area (Å²) in [4.78, 5) is 11.4. The number of carboxylic acids is 1. The zero-order valence-corrected chi connectivity index (χ0v) is 9.92. The van der Waals surface area contributed by atoms with Gasteiger partial charge in [-0.3, -0.25) is 0 Å². The Bertz CT molecular complexity index is 617. The third-order valence-electron chi connectivity index (χ3n) is 3.39. The Morgan fingerprint density at radius 3 is 2.89 bits per heavy atom. The predicted octanol–water partition coefficient (Wildman–Crippen LogP) is 0.973. The normalized spacial score (nSPS) is 21.8. The summed E-state index contributed by atoms with van der Waals surface area (Å²) in [7, 11) is 0. The average molecular weight is 242 g/mol. The van der Waals surface area contributed by atoms with E-state index >= 15 is 0 Å². The largest absolute Gasteiger partial charge is 0.547 e. The van der Waals surface area contributed by atoms with Crippen LogP contribution < -0.4 is 5.11 Å². The van der Waals surface area contributed by atoms with E-state index in [1.165, 1.54) is 6.92 Å². The molecule has 0 aliphatic carbocycles. The van der Waals surface area contributed by atoms with Gasteiger partial charge in [-0.25, -0.2) is 0 Å². The van der Waals surface area contributed by atoms with Crippen LogP contribution in [0.2, 0.25) is 0 Å². The van der Waals surface area contributed by atoms with E-state index in [9.17, 15) is 9.90 Å². The fourth-order valence-corrected chi connectivity index (χ4v) is 2.31. The van der Waals surface area contributed by atoms with Crippen LogP contribution in [0.3, 0.4) is 0 Å². The van der Waals surface area contributed by atoms with Crippen molar-refractivity contribution in [2.75, 3.05) is 0 Å². The molecule has 92 valence electrons. The molecule has 0 N–H and O–H groups in total. The number of nitrogens with zero attached hydrogens (tertiary/aromatic N) is 1. The van der Waals surface area contributed by atoms with Crippen molar-refractivity contribution >= 4 is 5.97 Å². The monoisotopic (exact) mass is 242 g/mol. The molecule has 3 rings (SSSR count). The first kappa shape index (κ1) is 11.0. The van der Waals surface area contributed by atoms with Crippen LogP contribution in [0.15, 0.2) is 42.6 Å². The van der Waals surface area contributed by atoms with Crippen molar-refractivity contribution in [3.05, 3.63) is 53.9 Å². The quantitative estimate of drug-likeness (QED) is 0.748. The molecular weight excluding hydrogens is 230 g/mol. The van der Waals surface area contributed by atoms with Crippen LogP contribution >= 0.6 is 0 Å². The molecule has 1 aliphatic rings. The van der Waals surface area contributed by atoms with E-state index < -0.39 is 11.6 Å². The summed E-state index contributed by atoms with van der Waals surface area (Å²) in [5.74, 6) is -1.23. The Hall–Kier alpha value is -2.07. The van der Waals surface area contributed by atoms with Gasteiger partial charge in [0.2, 0.25) is 0 Å². The van der Waals surface area contributed by atoms with Gasteiger partial charge >= 0.3 is 0 Å². The second kappa shape index (κ2) is 3.71. The Morgan fingerprint density at radius 1 is 1.33 bits per heavy atom. The van der Waals surface area contributed by atoms with Gasteiger partial charge in [0.05, 0.1) is 24.0 Å². The molecule has 18 heavy (non-hydrogen) atoms. The van der Waals surface area contributed by atoms with Gasteiger partial charge in [0.1, 0.15) is 5.60 Å². The zero-order chi connectivity index (χ0) is 12.8. The number of hydrogen-bond acceptors (Lipinski definition) is 3. The van der Waals surface area contributed by atoms with Gasteiger partial charge in [-0.2, -0.15) is 0 Å². The van der Waals surface area contributed by atoms with Crippen molar-refractivity contribution in [1.29, 1.82) is 0 Å². The second-order valence-corrected chi connectivity index (χ2v) is 4.50. The van der Waals surface area contributed by atoms with E-state index in [4.69, 9.17) is 4.74 Å². The lowest BCUT2D eigenvalue weighted by Crippen LogP contribution is -2.46. The molecule has 0 amide bonds. The van der Waals surface area contributed by atoms with E-state index in [1.807, 2.05) is 41.1 Å². The summed E-state index contributed by atoms with van der Waals surface area (Å²) in [6.07, 6.45) is 1.84. The summed E-state index contributed by atoms with van der Waals surface area (Å²) < 4.78 is 7.43. The van der Waals surface area contributed by atoms with Crippen LogP contribution in [0, 0.1) is 0 Å². The highest BCUT2D eigenvalue weighted by molar-refractivity contribution is 5.77. The van der Waals surface area contributed by atoms with Gasteiger partial charge in [-0.05, 0) is 25.1 Å². The number of aliphatic carboxylic acids is 1. The molecular formula is C14H12NO3-. The Morgan fingerprint density at radius 2 is 2.11 bits per heavy atom. The van der Waals surface area contributed by atoms with Crippen LogP contribution in [0.4, 0.5) is 0 Å². The Kier molecular flexibility index (Phi) is 2.28. The number of ether oxygens (including phenoxy) is 1. The number of para-hydroxylation sites is 1. The topological polar surface area (TPSA) is 54.3 Å². The summed E-state index contributed by atoms with van der Waals surface area (Å²) in [6, 6.07) is 11.3. The first-order valence-corrected chi connectivity index (χ1v) is 5.74. The highest BCUT2D eigenvalue weighted by Crippen LogP contribution is 2.33. The van der Waals surface area contributed by atoms with Crippen molar-refractivity contribution in [1.82, 2.24) is 4.57 Å². The highest BCUT2D eigenvalue weighted by atomic mass is 16.5. The fourth-order valence-electron chi connectivity index (χ4n) is 2.31. The van der Waals surface area contributed by atoms with Gasteiger partial charge in [0, 0.05) is 11.8 Å². The van der Waals surface area contributed by atoms with E-state index in [-0.39, 0.29) is 6.61 Å². The van der Waals surface area contributed by atoms with Crippen LogP contribution in [0.25, 0.3) is 5.69 Å². The fraction of sp³-hybridized carbons (Fsp3) is 0.214. The highest BCUT2D eigenvalue weighted by Gasteiger charge is 2.35. The first-order chi connectivity index (χ1) is 8.63. The smallest absolute Gasteiger partial charge is 0.145 e. The van der Waals surface area contributed by atoms with Crippen molar-refractivity contribution < 1.29 is 14.6 Å². The molecule has 0 bridgehead atoms. The second-order valence-electron chi connectivity index (χ2n) is 4.50. The molecule has 1 atom stereocenters. The molecule has 0 unspecified atom stereocenters. The zero-order valence-electron chi connectivity index (χ0n) is 9.92. The summed E-state index contributed by atoms with van der Waals surface area (Å²) in [6.45, 7) is 1.78. The molecule has 1 aromatic carbocycles. The summed E-state index contributed by atoms with van der Waals surface area (Å²) in [5, 5.41) is 11.4. The molecule has 1 aromatic heterocycles. The number of rotatable bonds is 1. The SMILES string of the molecule is C[C@@]1(C(=O)[O-])OCc2ccccc2-n2cccc21. The molecule has 0 saturated carbocycles. The number of carbonyl (C=O) groups excluding carboxylic acids is 1. The van der Waals surface area contributed by atoms with E-state index in [0.29, 0.717) is 5.69 Å². The molecule has 0 spiro atoms. The number of aromatic nitrogens is 1. The maximum Gasteiger partial charge on any atom is 0.145 e. The third kappa shape index (κ3) is 1.39. The average Bonchev–Trinajstić information content (AvgIpc) is 2.81. The van der Waals surface area contributed by atoms with Gasteiger partial charge in [-0.15, -0.1) is 0 Å². The molecule has 2 heterocycles. The number of benzene rings is 1. The van der Waals surface area contributed by atoms with E-state index in [2.05, 4.69) is 0 Å². The number of hydrogen-bond donors (Lipinski definition) is 0. The summed E-state index contributed by atoms with van der Waals surface area (Å²) >= 11 is 0. The first-order valence-electron chi connectivity index (χ1n) is 5.74. The molecule has 1 aliphatic heterocycles. The van der Waals surface area contributed by atoms with Crippen molar-refractivity contribution in [2.24, 2.45) is 0 Å². The lowest BCUT2D eigenvalue weighted by Gasteiger charge is -2.29. The van der Waals surface area contributed by atoms with Gasteiger partial charge in [0.25, 0.3) is 0 Å². The molecule has 0 saturated heterocycles. The van der Waals surface area contributed by atoms with Crippen molar-refractivity contribution in [3.63, 3.8) is 0 Å². The van der Waals surface area contributed by atoms with Gasteiger partial charge in [-0.1, -0.05) is 18.2 Å². The molecule has 2 aromatic rings. The number of carboxylic acid groups (broad SMARTS) is 1. The minimum absolute atomic E-state index is 0.252. The minimum Gasteiger partial charge on any atom is -0.547 e. The van der Waals surface area contributed by atoms with Crippen LogP contribution in [0.1, 0.15) is 18.2 Å². The van der Waals surface area contributed by atoms with Crippen LogP contribution in [0.5, 0.6) is 0 Å². The lowest BCUT2D eigenvalue weighted by atomic mass is 10.0. The molecule has 4 nitrogen and oxygen atoms in total. The van der Waals surface area contributed by atoms with Crippen LogP contribution in [-0.2, 0) is 21.7 Å². The van der Waals surface area contributed by atoms with E-state index in [0.717, 1.165) is 11.3 Å². The van der Waals surface area contributed by atoms with Crippen LogP contribution in [-0.4, -0.2) is 10.5 Å². The minimum atomic E-state index is -1.43. The Labute approximate surface area is 104 Å². The standard InChI is InChI=1S/C14H13NO3/c1-14(13(16)17)12-7-4-8-15(12)11-6-3-2-5-10(11)9-18-14/h2-8H,9H2,1H3,(H,16,17)/p-1/t14-/m1/s1. The van der Waals surface area contributed by atoms with Crippen molar-refractivity contribution in [3.8, 4) is 5.69 Å². The maximum atomic E-state index is 11.4. The Balaban J connectivity index is 2.27. The summed E-state index contributed by atoms with van der Waals surface area (Å²) in [5.41, 5.74) is 1.05. The van der Waals surface area contributed by atoms with Gasteiger partial charge in [0.15, 0.2) is 0 Å². The van der Waals surface area contributed by atoms with Gasteiger partial charge < -0.3 is 19.2 Å². The van der Waals surface area contributed by atoms with Crippen molar-refractivity contribution in [2.45, 2.75) is 19.1 Å². The predicted molar refractivity (Wildman–Crippen MR) is 62.9 cm³/mol. The number of carbonyl (C=O) groups is 1. The molecule has 0 radical (unpaired) electrons. The number of fused-ring (bicyclic) bond motifs is 3. The molecule has 4 heteroatoms. The lowest BCUT2D eigenvalue weighted by molar-refractivity contribution is -0.329.